The van der Waals surface area contributed by atoms with Gasteiger partial charge in [0.25, 0.3) is 5.91 Å². The summed E-state index contributed by atoms with van der Waals surface area (Å²) in [5, 5.41) is 11.8. The number of amides is 1. The summed E-state index contributed by atoms with van der Waals surface area (Å²) in [5.74, 6) is -0.120. The first-order valence-electron chi connectivity index (χ1n) is 3.70. The molecule has 0 spiro atoms. The summed E-state index contributed by atoms with van der Waals surface area (Å²) < 4.78 is 0. The van der Waals surface area contributed by atoms with E-state index in [0.717, 1.165) is 0 Å². The number of nitrogens with zero attached hydrogens (tertiary/aromatic N) is 1. The van der Waals surface area contributed by atoms with Crippen molar-refractivity contribution >= 4 is 23.3 Å². The fraction of sp³-hybridized carbons (Fsp3) is 0.250. The van der Waals surface area contributed by atoms with Gasteiger partial charge in [0.1, 0.15) is 11.9 Å². The zero-order valence-corrected chi connectivity index (χ0v) is 7.75. The van der Waals surface area contributed by atoms with E-state index in [-0.39, 0.29) is 0 Å². The predicted molar refractivity (Wildman–Crippen MR) is 49.6 cm³/mol. The van der Waals surface area contributed by atoms with Gasteiger partial charge < -0.3 is 10.4 Å². The van der Waals surface area contributed by atoms with Gasteiger partial charge in [0.05, 0.1) is 5.02 Å². The van der Waals surface area contributed by atoms with Crippen molar-refractivity contribution in [1.29, 1.82) is 0 Å². The Labute approximate surface area is 80.6 Å². The van der Waals surface area contributed by atoms with E-state index in [4.69, 9.17) is 16.7 Å². The van der Waals surface area contributed by atoms with Crippen LogP contribution < -0.4 is 5.32 Å². The highest BCUT2D eigenvalue weighted by molar-refractivity contribution is 6.30. The van der Waals surface area contributed by atoms with Crippen molar-refractivity contribution in [2.24, 2.45) is 0 Å². The van der Waals surface area contributed by atoms with Gasteiger partial charge in [-0.2, -0.15) is 0 Å². The lowest BCUT2D eigenvalue weighted by atomic mass is 10.4. The minimum Gasteiger partial charge on any atom is -0.384 e. The number of hydrogen-bond donors (Lipinski definition) is 2. The second-order valence-electron chi connectivity index (χ2n) is 2.53. The summed E-state index contributed by atoms with van der Waals surface area (Å²) >= 11 is 5.59. The summed E-state index contributed by atoms with van der Waals surface area (Å²) in [4.78, 5) is 14.8. The van der Waals surface area contributed by atoms with Gasteiger partial charge in [0.2, 0.25) is 0 Å². The molecule has 0 aliphatic carbocycles. The maximum absolute atomic E-state index is 11.0. The van der Waals surface area contributed by atoms with Crippen molar-refractivity contribution in [2.75, 3.05) is 5.32 Å². The van der Waals surface area contributed by atoms with Gasteiger partial charge in [-0.3, -0.25) is 4.79 Å². The molecule has 0 radical (unpaired) electrons. The summed E-state index contributed by atoms with van der Waals surface area (Å²) in [6, 6.07) is 3.16. The van der Waals surface area contributed by atoms with Crippen LogP contribution >= 0.6 is 11.6 Å². The van der Waals surface area contributed by atoms with Crippen molar-refractivity contribution in [3.63, 3.8) is 0 Å². The molecule has 0 saturated carbocycles. The van der Waals surface area contributed by atoms with Gasteiger partial charge in [-0.1, -0.05) is 11.6 Å². The van der Waals surface area contributed by atoms with E-state index >= 15 is 0 Å². The Hall–Kier alpha value is -1.13. The number of aliphatic hydroxyl groups is 1. The van der Waals surface area contributed by atoms with E-state index in [1.165, 1.54) is 13.1 Å². The maximum atomic E-state index is 11.0. The van der Waals surface area contributed by atoms with Crippen LogP contribution in [0.4, 0.5) is 5.82 Å². The number of nitrogens with one attached hydrogen (secondary N) is 1. The van der Waals surface area contributed by atoms with Gasteiger partial charge in [0, 0.05) is 6.20 Å². The minimum absolute atomic E-state index is 0.371. The van der Waals surface area contributed by atoms with Crippen LogP contribution in [0.25, 0.3) is 0 Å². The first-order valence-corrected chi connectivity index (χ1v) is 4.08. The lowest BCUT2D eigenvalue weighted by molar-refractivity contribution is -0.123. The Balaban J connectivity index is 2.65. The number of aromatic nitrogens is 1. The van der Waals surface area contributed by atoms with Crippen LogP contribution in [0, 0.1) is 0 Å². The lowest BCUT2D eigenvalue weighted by Crippen LogP contribution is -2.24. The van der Waals surface area contributed by atoms with E-state index in [2.05, 4.69) is 10.3 Å². The van der Waals surface area contributed by atoms with Gasteiger partial charge in [-0.05, 0) is 19.1 Å². The molecule has 0 saturated heterocycles. The first-order chi connectivity index (χ1) is 6.09. The largest absolute Gasteiger partial charge is 0.384 e. The third-order valence-corrected chi connectivity index (χ3v) is 1.58. The van der Waals surface area contributed by atoms with Crippen molar-refractivity contribution in [3.8, 4) is 0 Å². The van der Waals surface area contributed by atoms with Crippen LogP contribution in [0.3, 0.4) is 0 Å². The Morgan fingerprint density at radius 3 is 2.85 bits per heavy atom. The Morgan fingerprint density at radius 2 is 2.38 bits per heavy atom. The number of rotatable bonds is 2. The molecule has 0 aliphatic heterocycles. The third kappa shape index (κ3) is 3.01. The lowest BCUT2D eigenvalue weighted by Gasteiger charge is -2.05. The monoisotopic (exact) mass is 200 g/mol. The van der Waals surface area contributed by atoms with Gasteiger partial charge >= 0.3 is 0 Å². The quantitative estimate of drug-likeness (QED) is 0.750. The van der Waals surface area contributed by atoms with Crippen LogP contribution in [0.1, 0.15) is 6.92 Å². The molecule has 70 valence electrons. The van der Waals surface area contributed by atoms with Crippen LogP contribution in [0.15, 0.2) is 18.3 Å². The highest BCUT2D eigenvalue weighted by Crippen LogP contribution is 2.09. The zero-order valence-electron chi connectivity index (χ0n) is 6.99. The Morgan fingerprint density at radius 1 is 1.69 bits per heavy atom. The molecule has 1 atom stereocenters. The number of pyridine rings is 1. The molecule has 0 unspecified atom stereocenters. The number of hydrogen-bond acceptors (Lipinski definition) is 3. The van der Waals surface area contributed by atoms with E-state index in [1.807, 2.05) is 0 Å². The standard InChI is InChI=1S/C8H9ClN2O2/c1-5(12)8(13)11-7-3-2-6(9)4-10-7/h2-5,12H,1H3,(H,10,11,13)/t5-/m1/s1. The van der Waals surface area contributed by atoms with E-state index in [9.17, 15) is 4.79 Å². The van der Waals surface area contributed by atoms with Crippen molar-refractivity contribution < 1.29 is 9.90 Å². The van der Waals surface area contributed by atoms with E-state index in [1.54, 1.807) is 12.1 Å². The van der Waals surface area contributed by atoms with Gasteiger partial charge in [0.15, 0.2) is 0 Å². The zero-order chi connectivity index (χ0) is 9.84. The minimum atomic E-state index is -1.04. The molecule has 5 heteroatoms. The fourth-order valence-corrected chi connectivity index (χ4v) is 0.792. The number of carbonyl (C=O) groups is 1. The smallest absolute Gasteiger partial charge is 0.254 e. The molecule has 1 aromatic rings. The maximum Gasteiger partial charge on any atom is 0.254 e. The molecule has 0 bridgehead atoms. The molecular formula is C8H9ClN2O2. The molecule has 4 nitrogen and oxygen atoms in total. The molecule has 0 aliphatic rings. The second-order valence-corrected chi connectivity index (χ2v) is 2.96. The molecule has 2 N–H and O–H groups in total. The molecule has 0 fully saturated rings. The normalized spacial score (nSPS) is 12.2. The fourth-order valence-electron chi connectivity index (χ4n) is 0.680. The highest BCUT2D eigenvalue weighted by Gasteiger charge is 2.08. The van der Waals surface area contributed by atoms with Crippen molar-refractivity contribution in [3.05, 3.63) is 23.4 Å². The first kappa shape index (κ1) is 9.95. The molecule has 1 heterocycles. The highest BCUT2D eigenvalue weighted by atomic mass is 35.5. The van der Waals surface area contributed by atoms with Crippen molar-refractivity contribution in [2.45, 2.75) is 13.0 Å². The number of carbonyl (C=O) groups excluding carboxylic acids is 1. The number of anilines is 1. The molecule has 1 rings (SSSR count). The topological polar surface area (TPSA) is 62.2 Å². The molecule has 1 aromatic heterocycles. The predicted octanol–water partition coefficient (Wildman–Crippen LogP) is 1.05. The summed E-state index contributed by atoms with van der Waals surface area (Å²) in [6.07, 6.45) is 0.372. The second kappa shape index (κ2) is 4.20. The average Bonchev–Trinajstić information content (AvgIpc) is 2.08. The van der Waals surface area contributed by atoms with Crippen LogP contribution in [-0.2, 0) is 4.79 Å². The molecular weight excluding hydrogens is 192 g/mol. The van der Waals surface area contributed by atoms with Gasteiger partial charge in [-0.15, -0.1) is 0 Å². The van der Waals surface area contributed by atoms with E-state index < -0.39 is 12.0 Å². The van der Waals surface area contributed by atoms with E-state index in [0.29, 0.717) is 10.8 Å². The Kier molecular flexibility index (Phi) is 3.22. The number of aliphatic hydroxyl groups excluding tert-OH is 1. The SMILES string of the molecule is C[C@@H](O)C(=O)Nc1ccc(Cl)cn1. The molecule has 1 amide bonds. The van der Waals surface area contributed by atoms with Crippen molar-refractivity contribution in [1.82, 2.24) is 4.98 Å². The summed E-state index contributed by atoms with van der Waals surface area (Å²) in [7, 11) is 0. The van der Waals surface area contributed by atoms with Crippen LogP contribution in [0.5, 0.6) is 0 Å². The average molecular weight is 201 g/mol. The molecule has 0 aromatic carbocycles. The Bertz CT molecular complexity index is 298. The van der Waals surface area contributed by atoms with Crippen LogP contribution in [0.2, 0.25) is 5.02 Å². The van der Waals surface area contributed by atoms with Crippen LogP contribution in [-0.4, -0.2) is 22.1 Å². The summed E-state index contributed by atoms with van der Waals surface area (Å²) in [6.45, 7) is 1.38. The third-order valence-electron chi connectivity index (χ3n) is 1.36. The summed E-state index contributed by atoms with van der Waals surface area (Å²) in [5.41, 5.74) is 0. The molecule has 13 heavy (non-hydrogen) atoms. The number of halogens is 1. The van der Waals surface area contributed by atoms with Gasteiger partial charge in [-0.25, -0.2) is 4.98 Å².